The largest absolute Gasteiger partial charge is 0.338 e. The van der Waals surface area contributed by atoms with E-state index in [9.17, 15) is 9.59 Å². The molecular formula is C20H20N2O2S. The maximum Gasteiger partial charge on any atom is 0.249 e. The second kappa shape index (κ2) is 7.49. The van der Waals surface area contributed by atoms with Crippen LogP contribution in [0.5, 0.6) is 0 Å². The molecule has 1 N–H and O–H groups in total. The summed E-state index contributed by atoms with van der Waals surface area (Å²) in [6.45, 7) is 2.37. The average Bonchev–Trinajstić information content (AvgIpc) is 3.12. The van der Waals surface area contributed by atoms with E-state index in [4.69, 9.17) is 0 Å². The number of pyridine rings is 1. The molecule has 0 saturated heterocycles. The molecule has 25 heavy (non-hydrogen) atoms. The fourth-order valence-electron chi connectivity index (χ4n) is 2.84. The Morgan fingerprint density at radius 3 is 2.76 bits per heavy atom. The maximum atomic E-state index is 12.8. The Bertz CT molecular complexity index is 971. The van der Waals surface area contributed by atoms with Gasteiger partial charge in [-0.1, -0.05) is 31.2 Å². The topological polar surface area (TPSA) is 53.2 Å². The summed E-state index contributed by atoms with van der Waals surface area (Å²) in [6.07, 6.45) is 2.61. The highest BCUT2D eigenvalue weighted by molar-refractivity contribution is 7.10. The second-order valence-corrected chi connectivity index (χ2v) is 6.88. The number of aromatic amines is 1. The third kappa shape index (κ3) is 3.88. The van der Waals surface area contributed by atoms with Crippen LogP contribution in [0.1, 0.15) is 23.8 Å². The van der Waals surface area contributed by atoms with E-state index in [2.05, 4.69) is 4.98 Å². The summed E-state index contributed by atoms with van der Waals surface area (Å²) in [5.74, 6) is -0.0136. The first-order valence-electron chi connectivity index (χ1n) is 8.19. The minimum Gasteiger partial charge on any atom is -0.338 e. The summed E-state index contributed by atoms with van der Waals surface area (Å²) >= 11 is 1.61. The molecule has 0 saturated carbocycles. The number of rotatable bonds is 5. The van der Waals surface area contributed by atoms with Crippen molar-refractivity contribution in [3.63, 3.8) is 0 Å². The number of fused-ring (bicyclic) bond motifs is 1. The van der Waals surface area contributed by atoms with Crippen molar-refractivity contribution in [2.75, 3.05) is 7.05 Å². The van der Waals surface area contributed by atoms with Gasteiger partial charge in [0, 0.05) is 41.0 Å². The lowest BCUT2D eigenvalue weighted by Crippen LogP contribution is -2.28. The first kappa shape index (κ1) is 17.2. The Hall–Kier alpha value is -2.66. The highest BCUT2D eigenvalue weighted by Gasteiger charge is 2.15. The number of amides is 1. The lowest BCUT2D eigenvalue weighted by Gasteiger charge is -2.19. The van der Waals surface area contributed by atoms with E-state index in [0.29, 0.717) is 13.0 Å². The standard InChI is InChI=1S/C20H20N2O2S/c1-3-14(11-16-7-6-10-25-16)20(24)22(2)13-15-12-19(23)21-18-9-5-4-8-17(15)18/h4-12H,3,13H2,1-2H3,(H,21,23). The summed E-state index contributed by atoms with van der Waals surface area (Å²) in [7, 11) is 1.77. The number of benzene rings is 1. The molecule has 4 nitrogen and oxygen atoms in total. The van der Waals surface area contributed by atoms with E-state index in [1.807, 2.05) is 54.8 Å². The van der Waals surface area contributed by atoms with Gasteiger partial charge in [0.25, 0.3) is 0 Å². The van der Waals surface area contributed by atoms with Crippen LogP contribution in [0.3, 0.4) is 0 Å². The fraction of sp³-hybridized carbons (Fsp3) is 0.200. The molecule has 0 radical (unpaired) electrons. The van der Waals surface area contributed by atoms with Crippen LogP contribution in [0.4, 0.5) is 0 Å². The van der Waals surface area contributed by atoms with E-state index in [0.717, 1.165) is 26.9 Å². The predicted octanol–water partition coefficient (Wildman–Crippen LogP) is 4.04. The molecule has 3 aromatic rings. The molecule has 0 unspecified atom stereocenters. The van der Waals surface area contributed by atoms with Crippen LogP contribution >= 0.6 is 11.3 Å². The third-order valence-electron chi connectivity index (χ3n) is 4.11. The number of nitrogens with one attached hydrogen (secondary N) is 1. The van der Waals surface area contributed by atoms with E-state index >= 15 is 0 Å². The number of carbonyl (C=O) groups is 1. The van der Waals surface area contributed by atoms with Gasteiger partial charge in [-0.05, 0) is 35.6 Å². The smallest absolute Gasteiger partial charge is 0.249 e. The maximum absolute atomic E-state index is 12.8. The summed E-state index contributed by atoms with van der Waals surface area (Å²) in [5.41, 5.74) is 2.25. The van der Waals surface area contributed by atoms with Crippen molar-refractivity contribution in [3.8, 4) is 0 Å². The summed E-state index contributed by atoms with van der Waals surface area (Å²) in [5, 5.41) is 2.96. The van der Waals surface area contributed by atoms with Gasteiger partial charge in [-0.3, -0.25) is 9.59 Å². The van der Waals surface area contributed by atoms with Crippen LogP contribution in [-0.4, -0.2) is 22.8 Å². The number of H-pyrrole nitrogens is 1. The number of hydrogen-bond acceptors (Lipinski definition) is 3. The predicted molar refractivity (Wildman–Crippen MR) is 104 cm³/mol. The highest BCUT2D eigenvalue weighted by Crippen LogP contribution is 2.19. The molecule has 1 aromatic carbocycles. The fourth-order valence-corrected chi connectivity index (χ4v) is 3.52. The van der Waals surface area contributed by atoms with Gasteiger partial charge in [0.2, 0.25) is 11.5 Å². The van der Waals surface area contributed by atoms with Gasteiger partial charge in [-0.15, -0.1) is 11.3 Å². The summed E-state index contributed by atoms with van der Waals surface area (Å²) in [4.78, 5) is 30.3. The van der Waals surface area contributed by atoms with Crippen LogP contribution in [0, 0.1) is 0 Å². The molecule has 2 heterocycles. The van der Waals surface area contributed by atoms with Crippen molar-refractivity contribution in [2.24, 2.45) is 0 Å². The Labute approximate surface area is 150 Å². The van der Waals surface area contributed by atoms with Crippen LogP contribution in [0.2, 0.25) is 0 Å². The molecule has 0 aliphatic carbocycles. The van der Waals surface area contributed by atoms with Gasteiger partial charge in [0.1, 0.15) is 0 Å². The number of nitrogens with zero attached hydrogens (tertiary/aromatic N) is 1. The van der Waals surface area contributed by atoms with Gasteiger partial charge in [0.05, 0.1) is 0 Å². The van der Waals surface area contributed by atoms with Crippen LogP contribution in [0.25, 0.3) is 17.0 Å². The van der Waals surface area contributed by atoms with E-state index in [-0.39, 0.29) is 11.5 Å². The second-order valence-electron chi connectivity index (χ2n) is 5.90. The van der Waals surface area contributed by atoms with E-state index in [1.165, 1.54) is 0 Å². The molecule has 128 valence electrons. The van der Waals surface area contributed by atoms with Gasteiger partial charge in [0.15, 0.2) is 0 Å². The molecule has 2 aromatic heterocycles. The van der Waals surface area contributed by atoms with Crippen LogP contribution < -0.4 is 5.56 Å². The van der Waals surface area contributed by atoms with Crippen molar-refractivity contribution >= 4 is 34.2 Å². The van der Waals surface area contributed by atoms with Gasteiger partial charge in [-0.2, -0.15) is 0 Å². The monoisotopic (exact) mass is 352 g/mol. The molecule has 1 amide bonds. The van der Waals surface area contributed by atoms with Crippen LogP contribution in [-0.2, 0) is 11.3 Å². The number of aromatic nitrogens is 1. The Balaban J connectivity index is 1.88. The van der Waals surface area contributed by atoms with Crippen LogP contribution in [0.15, 0.2) is 58.2 Å². The van der Waals surface area contributed by atoms with Crippen molar-refractivity contribution < 1.29 is 4.79 Å². The zero-order chi connectivity index (χ0) is 17.8. The summed E-state index contributed by atoms with van der Waals surface area (Å²) in [6, 6.07) is 13.2. The minimum absolute atomic E-state index is 0.0136. The number of carbonyl (C=O) groups excluding carboxylic acids is 1. The molecule has 0 bridgehead atoms. The number of likely N-dealkylation sites (N-methyl/N-ethyl adjacent to an activating group) is 1. The first-order chi connectivity index (χ1) is 12.1. The molecule has 0 spiro atoms. The van der Waals surface area contributed by atoms with E-state index < -0.39 is 0 Å². The highest BCUT2D eigenvalue weighted by atomic mass is 32.1. The molecule has 0 aliphatic heterocycles. The zero-order valence-corrected chi connectivity index (χ0v) is 15.1. The lowest BCUT2D eigenvalue weighted by molar-refractivity contribution is -0.126. The average molecular weight is 352 g/mol. The lowest BCUT2D eigenvalue weighted by atomic mass is 10.1. The SMILES string of the molecule is CCC(=Cc1cccs1)C(=O)N(C)Cc1cc(=O)[nH]c2ccccc12. The van der Waals surface area contributed by atoms with Gasteiger partial charge < -0.3 is 9.88 Å². The Morgan fingerprint density at radius 2 is 2.04 bits per heavy atom. The number of thiophene rings is 1. The summed E-state index contributed by atoms with van der Waals surface area (Å²) < 4.78 is 0. The van der Waals surface area contributed by atoms with Crippen molar-refractivity contribution in [1.82, 2.24) is 9.88 Å². The quantitative estimate of drug-likeness (QED) is 0.705. The molecule has 0 aliphatic rings. The molecule has 0 fully saturated rings. The molecule has 3 rings (SSSR count). The van der Waals surface area contributed by atoms with Gasteiger partial charge >= 0.3 is 0 Å². The number of para-hydroxylation sites is 1. The Morgan fingerprint density at radius 1 is 1.24 bits per heavy atom. The molecule has 0 atom stereocenters. The Kier molecular flexibility index (Phi) is 5.14. The minimum atomic E-state index is -0.153. The third-order valence-corrected chi connectivity index (χ3v) is 4.93. The molecule has 5 heteroatoms. The van der Waals surface area contributed by atoms with Crippen molar-refractivity contribution in [3.05, 3.63) is 74.2 Å². The zero-order valence-electron chi connectivity index (χ0n) is 14.3. The molecular weight excluding hydrogens is 332 g/mol. The van der Waals surface area contributed by atoms with E-state index in [1.54, 1.807) is 29.4 Å². The van der Waals surface area contributed by atoms with Gasteiger partial charge in [-0.25, -0.2) is 0 Å². The van der Waals surface area contributed by atoms with Crippen molar-refractivity contribution in [1.29, 1.82) is 0 Å². The first-order valence-corrected chi connectivity index (χ1v) is 9.07. The normalized spacial score (nSPS) is 11.7. The number of hydrogen-bond donors (Lipinski definition) is 1. The van der Waals surface area contributed by atoms with Crippen molar-refractivity contribution in [2.45, 2.75) is 19.9 Å².